The minimum absolute atomic E-state index is 0.337. The fraction of sp³-hybridized carbons (Fsp3) is 0.722. The van der Waals surface area contributed by atoms with Crippen molar-refractivity contribution in [1.82, 2.24) is 10.3 Å². The summed E-state index contributed by atoms with van der Waals surface area (Å²) in [6.45, 7) is 8.79. The molecule has 3 nitrogen and oxygen atoms in total. The summed E-state index contributed by atoms with van der Waals surface area (Å²) in [5.41, 5.74) is 3.01. The lowest BCUT2D eigenvalue weighted by atomic mass is 9.70. The molecular weight excluding hydrogens is 260 g/mol. The summed E-state index contributed by atoms with van der Waals surface area (Å²) in [6.07, 6.45) is 6.25. The van der Waals surface area contributed by atoms with Gasteiger partial charge in [-0.05, 0) is 54.7 Å². The predicted octanol–water partition coefficient (Wildman–Crippen LogP) is 3.53. The first kappa shape index (κ1) is 15.0. The first-order chi connectivity index (χ1) is 9.97. The summed E-state index contributed by atoms with van der Waals surface area (Å²) in [7, 11) is 1.95. The molecular formula is C18H28N2O. The van der Waals surface area contributed by atoms with Crippen LogP contribution >= 0.6 is 0 Å². The van der Waals surface area contributed by atoms with E-state index in [2.05, 4.69) is 43.2 Å². The van der Waals surface area contributed by atoms with E-state index < -0.39 is 0 Å². The zero-order valence-corrected chi connectivity index (χ0v) is 13.8. The molecule has 3 rings (SSSR count). The van der Waals surface area contributed by atoms with Crippen molar-refractivity contribution in [2.45, 2.75) is 59.3 Å². The minimum Gasteiger partial charge on any atom is -0.371 e. The molecule has 1 heterocycles. The molecule has 3 atom stereocenters. The molecule has 0 radical (unpaired) electrons. The van der Waals surface area contributed by atoms with Gasteiger partial charge in [-0.1, -0.05) is 26.8 Å². The van der Waals surface area contributed by atoms with Gasteiger partial charge in [-0.3, -0.25) is 4.98 Å². The van der Waals surface area contributed by atoms with Crippen molar-refractivity contribution in [3.8, 4) is 0 Å². The topological polar surface area (TPSA) is 34.1 Å². The Morgan fingerprint density at radius 3 is 2.67 bits per heavy atom. The molecule has 1 aromatic heterocycles. The van der Waals surface area contributed by atoms with Gasteiger partial charge in [0, 0.05) is 12.7 Å². The van der Waals surface area contributed by atoms with Gasteiger partial charge in [0.25, 0.3) is 0 Å². The standard InChI is InChI=1S/C18H28N2O/c1-17(2)14-7-8-18(17,3)16(9-14)21-12-15-6-5-13(10-19-4)11-20-15/h5-6,11,14,16,19H,7-10,12H2,1-4H3. The second kappa shape index (κ2) is 5.36. The lowest BCUT2D eigenvalue weighted by molar-refractivity contribution is -0.0560. The maximum Gasteiger partial charge on any atom is 0.0891 e. The predicted molar refractivity (Wildman–Crippen MR) is 84.8 cm³/mol. The minimum atomic E-state index is 0.337. The Bertz CT molecular complexity index is 496. The largest absolute Gasteiger partial charge is 0.371 e. The number of nitrogens with zero attached hydrogens (tertiary/aromatic N) is 1. The molecule has 0 amide bonds. The molecule has 0 spiro atoms. The van der Waals surface area contributed by atoms with Crippen LogP contribution in [-0.4, -0.2) is 18.1 Å². The Hall–Kier alpha value is -0.930. The Labute approximate surface area is 128 Å². The van der Waals surface area contributed by atoms with Crippen molar-refractivity contribution in [3.63, 3.8) is 0 Å². The number of rotatable bonds is 5. The van der Waals surface area contributed by atoms with Gasteiger partial charge in [0.2, 0.25) is 0 Å². The fourth-order valence-corrected chi connectivity index (χ4v) is 4.42. The van der Waals surface area contributed by atoms with Gasteiger partial charge in [0.1, 0.15) is 0 Å². The third-order valence-electron chi connectivity index (χ3n) is 6.41. The quantitative estimate of drug-likeness (QED) is 0.900. The van der Waals surface area contributed by atoms with E-state index in [0.717, 1.165) is 18.2 Å². The van der Waals surface area contributed by atoms with Crippen molar-refractivity contribution < 1.29 is 4.74 Å². The van der Waals surface area contributed by atoms with Crippen molar-refractivity contribution in [2.24, 2.45) is 16.7 Å². The van der Waals surface area contributed by atoms with Gasteiger partial charge < -0.3 is 10.1 Å². The monoisotopic (exact) mass is 288 g/mol. The summed E-state index contributed by atoms with van der Waals surface area (Å²) >= 11 is 0. The molecule has 1 N–H and O–H groups in total. The van der Waals surface area contributed by atoms with Crippen molar-refractivity contribution in [3.05, 3.63) is 29.6 Å². The van der Waals surface area contributed by atoms with E-state index >= 15 is 0 Å². The van der Waals surface area contributed by atoms with Gasteiger partial charge in [-0.2, -0.15) is 0 Å². The maximum absolute atomic E-state index is 6.28. The van der Waals surface area contributed by atoms with Crippen LogP contribution in [0.25, 0.3) is 0 Å². The summed E-state index contributed by atoms with van der Waals surface area (Å²) in [6, 6.07) is 4.22. The molecule has 116 valence electrons. The van der Waals surface area contributed by atoms with E-state index in [9.17, 15) is 0 Å². The van der Waals surface area contributed by atoms with Crippen LogP contribution in [0.2, 0.25) is 0 Å². The highest BCUT2D eigenvalue weighted by Gasteiger charge is 2.61. The van der Waals surface area contributed by atoms with E-state index in [0.29, 0.717) is 23.5 Å². The van der Waals surface area contributed by atoms with Crippen molar-refractivity contribution in [2.75, 3.05) is 7.05 Å². The SMILES string of the molecule is CNCc1ccc(COC2CC3CCC2(C)C3(C)C)nc1. The molecule has 2 fully saturated rings. The third-order valence-corrected chi connectivity index (χ3v) is 6.41. The van der Waals surface area contributed by atoms with Gasteiger partial charge >= 0.3 is 0 Å². The normalized spacial score (nSPS) is 33.5. The molecule has 3 heteroatoms. The highest BCUT2D eigenvalue weighted by Crippen LogP contribution is 2.66. The van der Waals surface area contributed by atoms with Crippen LogP contribution in [0, 0.1) is 16.7 Å². The lowest BCUT2D eigenvalue weighted by Crippen LogP contribution is -2.37. The second-order valence-electron chi connectivity index (χ2n) is 7.60. The molecule has 3 unspecified atom stereocenters. The number of ether oxygens (including phenoxy) is 1. The Kier molecular flexibility index (Phi) is 3.83. The van der Waals surface area contributed by atoms with Gasteiger partial charge in [-0.15, -0.1) is 0 Å². The molecule has 2 saturated carbocycles. The van der Waals surface area contributed by atoms with Gasteiger partial charge in [0.05, 0.1) is 18.4 Å². The summed E-state index contributed by atoms with van der Waals surface area (Å²) in [5.74, 6) is 0.832. The highest BCUT2D eigenvalue weighted by atomic mass is 16.5. The molecule has 2 bridgehead atoms. The van der Waals surface area contributed by atoms with E-state index in [1.807, 2.05) is 13.2 Å². The van der Waals surface area contributed by atoms with Crippen LogP contribution in [0.1, 0.15) is 51.3 Å². The summed E-state index contributed by atoms with van der Waals surface area (Å²) < 4.78 is 6.28. The number of pyridine rings is 1. The first-order valence-corrected chi connectivity index (χ1v) is 8.17. The molecule has 0 saturated heterocycles. The number of nitrogens with one attached hydrogen (secondary N) is 1. The number of hydrogen-bond acceptors (Lipinski definition) is 3. The average Bonchev–Trinajstić information content (AvgIpc) is 2.80. The Morgan fingerprint density at radius 2 is 2.14 bits per heavy atom. The molecule has 0 aromatic carbocycles. The fourth-order valence-electron chi connectivity index (χ4n) is 4.42. The average molecular weight is 288 g/mol. The number of fused-ring (bicyclic) bond motifs is 2. The first-order valence-electron chi connectivity index (χ1n) is 8.17. The Balaban J connectivity index is 1.61. The molecule has 21 heavy (non-hydrogen) atoms. The number of aromatic nitrogens is 1. The van der Waals surface area contributed by atoms with Crippen LogP contribution < -0.4 is 5.32 Å². The van der Waals surface area contributed by atoms with Crippen molar-refractivity contribution in [1.29, 1.82) is 0 Å². The van der Waals surface area contributed by atoms with Crippen LogP contribution in [0.15, 0.2) is 18.3 Å². The molecule has 2 aliphatic rings. The maximum atomic E-state index is 6.28. The smallest absolute Gasteiger partial charge is 0.0891 e. The van der Waals surface area contributed by atoms with Gasteiger partial charge in [-0.25, -0.2) is 0 Å². The zero-order chi connectivity index (χ0) is 15.1. The second-order valence-corrected chi connectivity index (χ2v) is 7.60. The molecule has 1 aromatic rings. The van der Waals surface area contributed by atoms with E-state index in [1.165, 1.54) is 24.8 Å². The lowest BCUT2D eigenvalue weighted by Gasteiger charge is -2.38. The zero-order valence-electron chi connectivity index (χ0n) is 13.8. The van der Waals surface area contributed by atoms with E-state index in [4.69, 9.17) is 4.74 Å². The molecule has 0 aliphatic heterocycles. The number of hydrogen-bond donors (Lipinski definition) is 1. The van der Waals surface area contributed by atoms with Crippen LogP contribution in [-0.2, 0) is 17.9 Å². The van der Waals surface area contributed by atoms with Crippen LogP contribution in [0.5, 0.6) is 0 Å². The third kappa shape index (κ3) is 2.40. The van der Waals surface area contributed by atoms with E-state index in [1.54, 1.807) is 0 Å². The summed E-state index contributed by atoms with van der Waals surface area (Å²) in [4.78, 5) is 4.51. The van der Waals surface area contributed by atoms with E-state index in [-0.39, 0.29) is 0 Å². The van der Waals surface area contributed by atoms with Crippen LogP contribution in [0.3, 0.4) is 0 Å². The van der Waals surface area contributed by atoms with Crippen LogP contribution in [0.4, 0.5) is 0 Å². The van der Waals surface area contributed by atoms with Crippen molar-refractivity contribution >= 4 is 0 Å². The Morgan fingerprint density at radius 1 is 1.33 bits per heavy atom. The summed E-state index contributed by atoms with van der Waals surface area (Å²) in [5, 5.41) is 3.14. The molecule has 2 aliphatic carbocycles. The highest BCUT2D eigenvalue weighted by molar-refractivity contribution is 5.14. The van der Waals surface area contributed by atoms with Gasteiger partial charge in [0.15, 0.2) is 0 Å².